The molecule has 262 valence electrons. The van der Waals surface area contributed by atoms with Crippen molar-refractivity contribution in [1.29, 1.82) is 0 Å². The van der Waals surface area contributed by atoms with E-state index in [1.54, 1.807) is 6.20 Å². The molecule has 11 aromatic rings. The molecule has 0 bridgehead atoms. The van der Waals surface area contributed by atoms with E-state index in [2.05, 4.69) is 120 Å². The van der Waals surface area contributed by atoms with Crippen LogP contribution in [-0.2, 0) is 0 Å². The summed E-state index contributed by atoms with van der Waals surface area (Å²) in [6.07, 6.45) is 3.67. The SMILES string of the molecule is c1ccc(-c2cc(-c3ccc(-c4ccc(-c5ccc6oc7ccccc7c6c5)c5oc6ccccc6c45)cc3)nc(-c3ccccc3-c3cccnc3)n2)cc1. The van der Waals surface area contributed by atoms with Gasteiger partial charge in [-0.1, -0.05) is 133 Å². The molecule has 0 fully saturated rings. The van der Waals surface area contributed by atoms with Gasteiger partial charge in [0.2, 0.25) is 0 Å². The molecule has 0 aliphatic carbocycles. The van der Waals surface area contributed by atoms with Gasteiger partial charge in [0, 0.05) is 61.8 Å². The van der Waals surface area contributed by atoms with Gasteiger partial charge >= 0.3 is 0 Å². The van der Waals surface area contributed by atoms with Gasteiger partial charge in [-0.25, -0.2) is 9.97 Å². The van der Waals surface area contributed by atoms with Crippen LogP contribution in [0, 0.1) is 0 Å². The van der Waals surface area contributed by atoms with Gasteiger partial charge in [0.1, 0.15) is 22.3 Å². The molecule has 0 atom stereocenters. The number of pyridine rings is 1. The average molecular weight is 718 g/mol. The van der Waals surface area contributed by atoms with Crippen molar-refractivity contribution in [2.75, 3.05) is 0 Å². The van der Waals surface area contributed by atoms with E-state index in [9.17, 15) is 0 Å². The lowest BCUT2D eigenvalue weighted by Crippen LogP contribution is -1.97. The number of fused-ring (bicyclic) bond motifs is 6. The number of nitrogens with zero attached hydrogens (tertiary/aromatic N) is 3. The molecule has 56 heavy (non-hydrogen) atoms. The number of para-hydroxylation sites is 2. The Kier molecular flexibility index (Phi) is 7.42. The Balaban J connectivity index is 1.04. The molecule has 0 amide bonds. The third-order valence-electron chi connectivity index (χ3n) is 10.6. The molecule has 0 saturated heterocycles. The highest BCUT2D eigenvalue weighted by molar-refractivity contribution is 6.17. The van der Waals surface area contributed by atoms with E-state index in [4.69, 9.17) is 18.8 Å². The minimum Gasteiger partial charge on any atom is -0.456 e. The highest BCUT2D eigenvalue weighted by atomic mass is 16.3. The van der Waals surface area contributed by atoms with Crippen molar-refractivity contribution in [3.63, 3.8) is 0 Å². The number of rotatable bonds is 6. The van der Waals surface area contributed by atoms with Crippen LogP contribution in [0.25, 0.3) is 111 Å². The van der Waals surface area contributed by atoms with Crippen LogP contribution >= 0.6 is 0 Å². The predicted octanol–water partition coefficient (Wildman–Crippen LogP) is 13.7. The molecule has 0 unspecified atom stereocenters. The fraction of sp³-hybridized carbons (Fsp3) is 0. The van der Waals surface area contributed by atoms with Crippen molar-refractivity contribution in [3.8, 4) is 67.3 Å². The van der Waals surface area contributed by atoms with E-state index in [-0.39, 0.29) is 0 Å². The maximum absolute atomic E-state index is 6.68. The van der Waals surface area contributed by atoms with Crippen LogP contribution < -0.4 is 0 Å². The molecule has 0 aliphatic heterocycles. The summed E-state index contributed by atoms with van der Waals surface area (Å²) in [6.45, 7) is 0. The van der Waals surface area contributed by atoms with E-state index in [0.29, 0.717) is 5.82 Å². The quantitative estimate of drug-likeness (QED) is 0.171. The zero-order valence-corrected chi connectivity index (χ0v) is 30.1. The van der Waals surface area contributed by atoms with Crippen LogP contribution in [0.15, 0.2) is 197 Å². The van der Waals surface area contributed by atoms with Crippen LogP contribution in [-0.4, -0.2) is 15.0 Å². The lowest BCUT2D eigenvalue weighted by Gasteiger charge is -2.13. The summed E-state index contributed by atoms with van der Waals surface area (Å²) < 4.78 is 12.8. The van der Waals surface area contributed by atoms with Gasteiger partial charge in [0.15, 0.2) is 5.82 Å². The fourth-order valence-electron chi connectivity index (χ4n) is 7.93. The van der Waals surface area contributed by atoms with Gasteiger partial charge in [0.25, 0.3) is 0 Å². The Morgan fingerprint density at radius 1 is 0.357 bits per heavy atom. The number of furan rings is 2. The Morgan fingerprint density at radius 2 is 0.964 bits per heavy atom. The molecular formula is C51H31N3O2. The van der Waals surface area contributed by atoms with Crippen molar-refractivity contribution in [2.24, 2.45) is 0 Å². The summed E-state index contributed by atoms with van der Waals surface area (Å²) in [4.78, 5) is 14.7. The van der Waals surface area contributed by atoms with Crippen molar-refractivity contribution in [2.45, 2.75) is 0 Å². The summed E-state index contributed by atoms with van der Waals surface area (Å²) >= 11 is 0. The number of hydrogen-bond donors (Lipinski definition) is 0. The lowest BCUT2D eigenvalue weighted by molar-refractivity contribution is 0.668. The van der Waals surface area contributed by atoms with E-state index in [1.165, 1.54) is 0 Å². The Hall–Kier alpha value is -7.63. The minimum atomic E-state index is 0.661. The molecule has 0 spiro atoms. The highest BCUT2D eigenvalue weighted by Gasteiger charge is 2.19. The minimum absolute atomic E-state index is 0.661. The lowest BCUT2D eigenvalue weighted by atomic mass is 9.93. The maximum Gasteiger partial charge on any atom is 0.161 e. The Labute approximate surface area is 322 Å². The zero-order chi connectivity index (χ0) is 37.0. The molecule has 0 saturated carbocycles. The highest BCUT2D eigenvalue weighted by Crippen LogP contribution is 2.43. The fourth-order valence-corrected chi connectivity index (χ4v) is 7.93. The van der Waals surface area contributed by atoms with Crippen molar-refractivity contribution in [1.82, 2.24) is 15.0 Å². The van der Waals surface area contributed by atoms with E-state index < -0.39 is 0 Å². The number of hydrogen-bond acceptors (Lipinski definition) is 5. The van der Waals surface area contributed by atoms with Gasteiger partial charge in [-0.2, -0.15) is 0 Å². The van der Waals surface area contributed by atoms with E-state index >= 15 is 0 Å². The molecular weight excluding hydrogens is 687 g/mol. The average Bonchev–Trinajstić information content (AvgIpc) is 3.85. The first kappa shape index (κ1) is 31.9. The molecule has 0 N–H and O–H groups in total. The molecule has 5 heteroatoms. The summed E-state index contributed by atoms with van der Waals surface area (Å²) in [6, 6.07) is 60.6. The zero-order valence-electron chi connectivity index (χ0n) is 30.1. The molecule has 4 aromatic heterocycles. The third kappa shape index (κ3) is 5.37. The number of aromatic nitrogens is 3. The van der Waals surface area contributed by atoms with Crippen molar-refractivity contribution >= 4 is 43.9 Å². The summed E-state index contributed by atoms with van der Waals surface area (Å²) in [5.74, 6) is 0.661. The van der Waals surface area contributed by atoms with Gasteiger partial charge in [-0.3, -0.25) is 4.98 Å². The normalized spacial score (nSPS) is 11.6. The second-order valence-electron chi connectivity index (χ2n) is 14.0. The van der Waals surface area contributed by atoms with Gasteiger partial charge in [-0.05, 0) is 64.7 Å². The molecule has 0 aliphatic rings. The second kappa shape index (κ2) is 13.0. The van der Waals surface area contributed by atoms with Crippen LogP contribution in [0.2, 0.25) is 0 Å². The van der Waals surface area contributed by atoms with E-state index in [0.717, 1.165) is 105 Å². The Bertz CT molecular complexity index is 3240. The largest absolute Gasteiger partial charge is 0.456 e. The first-order chi connectivity index (χ1) is 27.7. The van der Waals surface area contributed by atoms with Crippen LogP contribution in [0.3, 0.4) is 0 Å². The van der Waals surface area contributed by atoms with Crippen molar-refractivity contribution < 1.29 is 8.83 Å². The monoisotopic (exact) mass is 717 g/mol. The molecule has 7 aromatic carbocycles. The maximum atomic E-state index is 6.68. The summed E-state index contributed by atoms with van der Waals surface area (Å²) in [5.41, 5.74) is 14.5. The standard InChI is InChI=1S/C51H31N3O2/c1-2-11-33(12-3-1)44-30-45(54-51(53-44)41-16-5-4-14-37(41)36-13-10-28-52-31-36)34-22-20-32(21-23-34)38-25-26-39(50-49(38)42-17-7-9-19-47(42)56-50)35-24-27-48-43(29-35)40-15-6-8-18-46(40)55-48/h1-31H. The van der Waals surface area contributed by atoms with E-state index in [1.807, 2.05) is 66.9 Å². The van der Waals surface area contributed by atoms with Crippen molar-refractivity contribution in [3.05, 3.63) is 188 Å². The van der Waals surface area contributed by atoms with Gasteiger partial charge in [0.05, 0.1) is 11.4 Å². The third-order valence-corrected chi connectivity index (χ3v) is 10.6. The molecule has 5 nitrogen and oxygen atoms in total. The molecule has 0 radical (unpaired) electrons. The van der Waals surface area contributed by atoms with Crippen LogP contribution in [0.4, 0.5) is 0 Å². The smallest absolute Gasteiger partial charge is 0.161 e. The summed E-state index contributed by atoms with van der Waals surface area (Å²) in [5, 5.41) is 4.36. The second-order valence-corrected chi connectivity index (χ2v) is 14.0. The molecule has 11 rings (SSSR count). The first-order valence-corrected chi connectivity index (χ1v) is 18.7. The van der Waals surface area contributed by atoms with Gasteiger partial charge in [-0.15, -0.1) is 0 Å². The van der Waals surface area contributed by atoms with Crippen LogP contribution in [0.5, 0.6) is 0 Å². The predicted molar refractivity (Wildman–Crippen MR) is 227 cm³/mol. The topological polar surface area (TPSA) is 65.0 Å². The Morgan fingerprint density at radius 3 is 1.75 bits per heavy atom. The number of benzene rings is 7. The van der Waals surface area contributed by atoms with Crippen LogP contribution in [0.1, 0.15) is 0 Å². The molecule has 4 heterocycles. The van der Waals surface area contributed by atoms with Gasteiger partial charge < -0.3 is 8.83 Å². The summed E-state index contributed by atoms with van der Waals surface area (Å²) in [7, 11) is 0. The first-order valence-electron chi connectivity index (χ1n) is 18.7.